The summed E-state index contributed by atoms with van der Waals surface area (Å²) in [5.41, 5.74) is 1.29. The van der Waals surface area contributed by atoms with Gasteiger partial charge < -0.3 is 24.4 Å². The molecule has 200 valence electrons. The fourth-order valence-corrected chi connectivity index (χ4v) is 6.26. The van der Waals surface area contributed by atoms with E-state index in [1.807, 2.05) is 0 Å². The van der Waals surface area contributed by atoms with Crippen LogP contribution in [-0.4, -0.2) is 59.2 Å². The van der Waals surface area contributed by atoms with Crippen molar-refractivity contribution in [3.63, 3.8) is 0 Å². The van der Waals surface area contributed by atoms with Crippen LogP contribution in [0.5, 0.6) is 5.75 Å². The van der Waals surface area contributed by atoms with Gasteiger partial charge in [0.25, 0.3) is 15.9 Å². The third-order valence-corrected chi connectivity index (χ3v) is 8.38. The van der Waals surface area contributed by atoms with Crippen molar-refractivity contribution in [1.29, 1.82) is 0 Å². The second-order valence-electron chi connectivity index (χ2n) is 8.16. The third kappa shape index (κ3) is 5.58. The molecule has 0 fully saturated rings. The van der Waals surface area contributed by atoms with Gasteiger partial charge >= 0.3 is 12.1 Å². The van der Waals surface area contributed by atoms with E-state index in [4.69, 9.17) is 14.2 Å². The Kier molecular flexibility index (Phi) is 7.88. The zero-order valence-electron chi connectivity index (χ0n) is 20.8. The predicted molar refractivity (Wildman–Crippen MR) is 140 cm³/mol. The maximum Gasteiger partial charge on any atom is 0.409 e. The molecule has 0 radical (unpaired) electrons. The van der Waals surface area contributed by atoms with Crippen molar-refractivity contribution >= 4 is 50.0 Å². The van der Waals surface area contributed by atoms with Crippen molar-refractivity contribution < 1.29 is 37.0 Å². The molecule has 0 atom stereocenters. The molecule has 1 aromatic heterocycles. The topological polar surface area (TPSA) is 140 Å². The monoisotopic (exact) mass is 559 g/mol. The summed E-state index contributed by atoms with van der Waals surface area (Å²) in [7, 11) is 0.109. The number of ether oxygens (including phenoxy) is 3. The number of amides is 2. The molecular weight excluding hydrogens is 534 g/mol. The Bertz CT molecular complexity index is 1480. The molecule has 2 heterocycles. The largest absolute Gasteiger partial charge is 0.497 e. The first-order valence-corrected chi connectivity index (χ1v) is 13.6. The normalized spacial score (nSPS) is 12.8. The van der Waals surface area contributed by atoms with Crippen LogP contribution >= 0.6 is 11.3 Å². The number of hydrogen-bond donors (Lipinski definition) is 2. The van der Waals surface area contributed by atoms with E-state index in [1.54, 1.807) is 0 Å². The van der Waals surface area contributed by atoms with Crippen LogP contribution in [0, 0.1) is 0 Å². The Labute approximate surface area is 223 Å². The van der Waals surface area contributed by atoms with Crippen LogP contribution in [0.3, 0.4) is 0 Å². The molecule has 4 rings (SSSR count). The molecule has 2 N–H and O–H groups in total. The van der Waals surface area contributed by atoms with Gasteiger partial charge in [-0.05, 0) is 54.4 Å². The minimum atomic E-state index is -3.92. The zero-order valence-corrected chi connectivity index (χ0v) is 22.4. The van der Waals surface area contributed by atoms with Crippen LogP contribution in [0.25, 0.3) is 0 Å². The highest BCUT2D eigenvalue weighted by Crippen LogP contribution is 2.38. The van der Waals surface area contributed by atoms with Gasteiger partial charge in [0, 0.05) is 22.7 Å². The van der Waals surface area contributed by atoms with E-state index < -0.39 is 28.0 Å². The number of nitrogens with zero attached hydrogens (tertiary/aromatic N) is 1. The lowest BCUT2D eigenvalue weighted by atomic mass is 10.0. The minimum Gasteiger partial charge on any atom is -0.497 e. The van der Waals surface area contributed by atoms with Crippen LogP contribution < -0.4 is 14.8 Å². The molecule has 1 aliphatic rings. The molecule has 0 unspecified atom stereocenters. The fourth-order valence-electron chi connectivity index (χ4n) is 3.96. The molecule has 0 saturated carbocycles. The molecule has 0 spiro atoms. The Morgan fingerprint density at radius 3 is 2.39 bits per heavy atom. The lowest BCUT2D eigenvalue weighted by molar-refractivity contribution is 0.0600. The smallest absolute Gasteiger partial charge is 0.409 e. The van der Waals surface area contributed by atoms with Crippen molar-refractivity contribution in [2.75, 3.05) is 37.9 Å². The molecule has 13 heteroatoms. The summed E-state index contributed by atoms with van der Waals surface area (Å²) >= 11 is 1.17. The van der Waals surface area contributed by atoms with E-state index in [9.17, 15) is 22.8 Å². The van der Waals surface area contributed by atoms with E-state index in [1.165, 1.54) is 86.1 Å². The Morgan fingerprint density at radius 2 is 1.74 bits per heavy atom. The number of hydrogen-bond acceptors (Lipinski definition) is 9. The van der Waals surface area contributed by atoms with Gasteiger partial charge in [-0.25, -0.2) is 18.0 Å². The average molecular weight is 560 g/mol. The maximum absolute atomic E-state index is 13.1. The average Bonchev–Trinajstić information content (AvgIpc) is 3.28. The molecule has 38 heavy (non-hydrogen) atoms. The highest BCUT2D eigenvalue weighted by Gasteiger charge is 2.31. The summed E-state index contributed by atoms with van der Waals surface area (Å²) in [6.07, 6.45) is -0.0905. The SMILES string of the molecule is COC(=O)c1c(NC(=O)c2cccc(NS(=O)(=O)c3ccc(OC)cc3)c2)sc2c1CCN(C(=O)OC)C2. The molecule has 2 aromatic carbocycles. The Morgan fingerprint density at radius 1 is 1.00 bits per heavy atom. The predicted octanol–water partition coefficient (Wildman–Crippen LogP) is 3.72. The second kappa shape index (κ2) is 11.1. The molecule has 3 aromatic rings. The lowest BCUT2D eigenvalue weighted by Gasteiger charge is -2.25. The van der Waals surface area contributed by atoms with Crippen LogP contribution in [0.2, 0.25) is 0 Å². The number of esters is 1. The standard InChI is InChI=1S/C25H25N3O8S2/c1-34-17-7-9-18(10-8-17)38(32,33)27-16-6-4-5-15(13-16)22(29)26-23-21(24(30)35-2)19-11-12-28(25(31)36-3)14-20(19)37-23/h4-10,13,27H,11-12,14H2,1-3H3,(H,26,29). The zero-order chi connectivity index (χ0) is 27.4. The number of sulfonamides is 1. The second-order valence-corrected chi connectivity index (χ2v) is 10.9. The van der Waals surface area contributed by atoms with Crippen molar-refractivity contribution in [3.8, 4) is 5.75 Å². The van der Waals surface area contributed by atoms with E-state index in [0.717, 1.165) is 4.88 Å². The van der Waals surface area contributed by atoms with E-state index >= 15 is 0 Å². The summed E-state index contributed by atoms with van der Waals surface area (Å²) in [5, 5.41) is 3.03. The molecule has 0 saturated heterocycles. The molecule has 0 aliphatic carbocycles. The van der Waals surface area contributed by atoms with E-state index in [2.05, 4.69) is 10.0 Å². The number of rotatable bonds is 7. The molecular formula is C25H25N3O8S2. The molecule has 11 nitrogen and oxygen atoms in total. The molecule has 0 bridgehead atoms. The number of methoxy groups -OCH3 is 3. The summed E-state index contributed by atoms with van der Waals surface area (Å²) in [6.45, 7) is 0.583. The number of thiophene rings is 1. The van der Waals surface area contributed by atoms with Crippen molar-refractivity contribution in [1.82, 2.24) is 4.90 Å². The first-order chi connectivity index (χ1) is 18.2. The van der Waals surface area contributed by atoms with Crippen LogP contribution in [-0.2, 0) is 32.5 Å². The maximum atomic E-state index is 13.1. The first kappa shape index (κ1) is 26.9. The van der Waals surface area contributed by atoms with E-state index in [0.29, 0.717) is 24.3 Å². The van der Waals surface area contributed by atoms with Crippen molar-refractivity contribution in [2.24, 2.45) is 0 Å². The highest BCUT2D eigenvalue weighted by atomic mass is 32.2. The minimum absolute atomic E-state index is 0.0287. The molecule has 2 amide bonds. The van der Waals surface area contributed by atoms with Crippen LogP contribution in [0.15, 0.2) is 53.4 Å². The van der Waals surface area contributed by atoms with Gasteiger partial charge in [-0.3, -0.25) is 9.52 Å². The molecule has 1 aliphatic heterocycles. The van der Waals surface area contributed by atoms with Crippen molar-refractivity contribution in [2.45, 2.75) is 17.9 Å². The number of carbonyl (C=O) groups excluding carboxylic acids is 3. The number of carbonyl (C=O) groups is 3. The summed E-state index contributed by atoms with van der Waals surface area (Å²) in [4.78, 5) is 40.0. The van der Waals surface area contributed by atoms with Crippen LogP contribution in [0.1, 0.15) is 31.2 Å². The number of fused-ring (bicyclic) bond motifs is 1. The number of anilines is 2. The van der Waals surface area contributed by atoms with E-state index in [-0.39, 0.29) is 33.3 Å². The quantitative estimate of drug-likeness (QED) is 0.418. The van der Waals surface area contributed by atoms with Gasteiger partial charge in [0.1, 0.15) is 10.8 Å². The van der Waals surface area contributed by atoms with Gasteiger partial charge in [-0.2, -0.15) is 0 Å². The summed E-state index contributed by atoms with van der Waals surface area (Å²) in [6, 6.07) is 11.8. The Hall–Kier alpha value is -4.10. The third-order valence-electron chi connectivity index (χ3n) is 5.85. The number of nitrogens with one attached hydrogen (secondary N) is 2. The summed E-state index contributed by atoms with van der Waals surface area (Å²) in [5.74, 6) is -0.642. The van der Waals surface area contributed by atoms with Gasteiger partial charge in [0.05, 0.1) is 38.3 Å². The Balaban J connectivity index is 1.56. The van der Waals surface area contributed by atoms with Crippen molar-refractivity contribution in [3.05, 3.63) is 70.1 Å². The van der Waals surface area contributed by atoms with Gasteiger partial charge in [0.2, 0.25) is 0 Å². The van der Waals surface area contributed by atoms with Gasteiger partial charge in [-0.15, -0.1) is 11.3 Å². The van der Waals surface area contributed by atoms with Crippen LogP contribution in [0.4, 0.5) is 15.5 Å². The lowest BCUT2D eigenvalue weighted by Crippen LogP contribution is -2.35. The fraction of sp³-hybridized carbons (Fsp3) is 0.240. The summed E-state index contributed by atoms with van der Waals surface area (Å²) < 4.78 is 42.8. The number of benzene rings is 2. The van der Waals surface area contributed by atoms with Gasteiger partial charge in [0.15, 0.2) is 0 Å². The highest BCUT2D eigenvalue weighted by molar-refractivity contribution is 7.92. The first-order valence-electron chi connectivity index (χ1n) is 11.3. The van der Waals surface area contributed by atoms with Gasteiger partial charge in [-0.1, -0.05) is 6.07 Å².